The van der Waals surface area contributed by atoms with E-state index in [0.29, 0.717) is 13.2 Å². The summed E-state index contributed by atoms with van der Waals surface area (Å²) < 4.78 is 5.50. The summed E-state index contributed by atoms with van der Waals surface area (Å²) >= 11 is 0. The van der Waals surface area contributed by atoms with Crippen LogP contribution in [0.2, 0.25) is 0 Å². The van der Waals surface area contributed by atoms with Crippen LogP contribution < -0.4 is 5.73 Å². The fourth-order valence-corrected chi connectivity index (χ4v) is 2.90. The zero-order chi connectivity index (χ0) is 15.9. The minimum absolute atomic E-state index is 0.0115. The van der Waals surface area contributed by atoms with E-state index in [1.54, 1.807) is 11.9 Å². The predicted octanol–water partition coefficient (Wildman–Crippen LogP) is 1.15. The third-order valence-corrected chi connectivity index (χ3v) is 4.11. The maximum atomic E-state index is 12.2. The molecule has 1 aromatic rings. The number of likely N-dealkylation sites (N-methyl/N-ethyl adjacent to an activating group) is 1. The number of rotatable bonds is 7. The Morgan fingerprint density at radius 1 is 1.41 bits per heavy atom. The van der Waals surface area contributed by atoms with Crippen molar-refractivity contribution in [1.82, 2.24) is 4.90 Å². The summed E-state index contributed by atoms with van der Waals surface area (Å²) in [6.07, 6.45) is 1.84. The average Bonchev–Trinajstić information content (AvgIpc) is 2.94. The second-order valence-corrected chi connectivity index (χ2v) is 6.14. The highest BCUT2D eigenvalue weighted by Crippen LogP contribution is 2.25. The van der Waals surface area contributed by atoms with Crippen LogP contribution in [0.25, 0.3) is 0 Å². The smallest absolute Gasteiger partial charge is 0.225 e. The summed E-state index contributed by atoms with van der Waals surface area (Å²) in [4.78, 5) is 13.8. The first-order chi connectivity index (χ1) is 10.6. The number of aliphatic hydroxyl groups excluding tert-OH is 1. The Labute approximate surface area is 132 Å². The topological polar surface area (TPSA) is 75.8 Å². The second-order valence-electron chi connectivity index (χ2n) is 6.14. The number of carbonyl (C=O) groups excluding carboxylic acids is 1. The first kappa shape index (κ1) is 16.9. The number of nitrogens with zero attached hydrogens (tertiary/aromatic N) is 1. The molecular formula is C17H26N2O3. The fraction of sp³-hybridized carbons (Fsp3) is 0.588. The van der Waals surface area contributed by atoms with Crippen LogP contribution in [0.3, 0.4) is 0 Å². The molecule has 0 spiro atoms. The lowest BCUT2D eigenvalue weighted by molar-refractivity contribution is -0.135. The third-order valence-electron chi connectivity index (χ3n) is 4.11. The van der Waals surface area contributed by atoms with Crippen molar-refractivity contribution in [3.63, 3.8) is 0 Å². The summed E-state index contributed by atoms with van der Waals surface area (Å²) in [5.41, 5.74) is 6.91. The minimum Gasteiger partial charge on any atom is -0.389 e. The lowest BCUT2D eigenvalue weighted by Crippen LogP contribution is -2.39. The number of hydrogen-bond acceptors (Lipinski definition) is 4. The van der Waals surface area contributed by atoms with Gasteiger partial charge in [-0.3, -0.25) is 4.79 Å². The normalized spacial score (nSPS) is 22.5. The van der Waals surface area contributed by atoms with Crippen molar-refractivity contribution in [2.45, 2.75) is 38.0 Å². The highest BCUT2D eigenvalue weighted by molar-refractivity contribution is 5.79. The number of amides is 1. The van der Waals surface area contributed by atoms with Crippen molar-refractivity contribution in [2.75, 3.05) is 20.2 Å². The first-order valence-electron chi connectivity index (χ1n) is 7.86. The second kappa shape index (κ2) is 8.27. The van der Waals surface area contributed by atoms with Gasteiger partial charge in [-0.05, 0) is 24.8 Å². The van der Waals surface area contributed by atoms with Gasteiger partial charge < -0.3 is 20.5 Å². The molecule has 1 saturated carbocycles. The molecule has 5 nitrogen and oxygen atoms in total. The summed E-state index contributed by atoms with van der Waals surface area (Å²) in [5.74, 6) is 0.0903. The molecule has 3 N–H and O–H groups in total. The highest BCUT2D eigenvalue weighted by Gasteiger charge is 2.30. The number of ether oxygens (including phenoxy) is 1. The number of aliphatic hydroxyl groups is 1. The first-order valence-corrected chi connectivity index (χ1v) is 7.86. The Kier molecular flexibility index (Phi) is 6.36. The van der Waals surface area contributed by atoms with Crippen LogP contribution in [0.5, 0.6) is 0 Å². The number of benzene rings is 1. The summed E-state index contributed by atoms with van der Waals surface area (Å²) in [5, 5.41) is 10.00. The van der Waals surface area contributed by atoms with Crippen LogP contribution >= 0.6 is 0 Å². The molecule has 0 aromatic heterocycles. The maximum absolute atomic E-state index is 12.2. The highest BCUT2D eigenvalue weighted by atomic mass is 16.5. The number of carbonyl (C=O) groups is 1. The number of hydrogen-bond donors (Lipinski definition) is 2. The molecule has 0 aliphatic heterocycles. The molecule has 2 rings (SSSR count). The molecule has 1 amide bonds. The molecular weight excluding hydrogens is 280 g/mol. The van der Waals surface area contributed by atoms with Crippen molar-refractivity contribution in [1.29, 1.82) is 0 Å². The third kappa shape index (κ3) is 5.09. The van der Waals surface area contributed by atoms with Gasteiger partial charge in [0, 0.05) is 25.6 Å². The van der Waals surface area contributed by atoms with Crippen molar-refractivity contribution in [2.24, 2.45) is 11.7 Å². The average molecular weight is 306 g/mol. The van der Waals surface area contributed by atoms with E-state index in [1.165, 1.54) is 0 Å². The molecule has 122 valence electrons. The molecule has 1 aliphatic rings. The molecule has 1 aromatic carbocycles. The monoisotopic (exact) mass is 306 g/mol. The zero-order valence-electron chi connectivity index (χ0n) is 13.1. The predicted molar refractivity (Wildman–Crippen MR) is 85.1 cm³/mol. The van der Waals surface area contributed by atoms with E-state index >= 15 is 0 Å². The standard InChI is InChI=1S/C17H26N2O3/c1-19(17(21)14-7-8-15(18)9-14)10-16(20)12-22-11-13-5-3-2-4-6-13/h2-6,14-16,20H,7-12,18H2,1H3. The van der Waals surface area contributed by atoms with E-state index in [0.717, 1.165) is 24.8 Å². The fourth-order valence-electron chi connectivity index (χ4n) is 2.90. The summed E-state index contributed by atoms with van der Waals surface area (Å²) in [6, 6.07) is 9.95. The Morgan fingerprint density at radius 3 is 2.77 bits per heavy atom. The van der Waals surface area contributed by atoms with Crippen LogP contribution in [0.4, 0.5) is 0 Å². The van der Waals surface area contributed by atoms with Crippen LogP contribution in [-0.4, -0.2) is 48.3 Å². The van der Waals surface area contributed by atoms with Gasteiger partial charge in [0.1, 0.15) is 0 Å². The van der Waals surface area contributed by atoms with E-state index in [2.05, 4.69) is 0 Å². The minimum atomic E-state index is -0.673. The summed E-state index contributed by atoms with van der Waals surface area (Å²) in [6.45, 7) is 0.975. The maximum Gasteiger partial charge on any atom is 0.225 e. The largest absolute Gasteiger partial charge is 0.389 e. The van der Waals surface area contributed by atoms with Crippen molar-refractivity contribution in [3.8, 4) is 0 Å². The summed E-state index contributed by atoms with van der Waals surface area (Å²) in [7, 11) is 1.73. The van der Waals surface area contributed by atoms with E-state index in [-0.39, 0.29) is 24.5 Å². The van der Waals surface area contributed by atoms with Crippen molar-refractivity contribution in [3.05, 3.63) is 35.9 Å². The van der Waals surface area contributed by atoms with Crippen LogP contribution in [0.1, 0.15) is 24.8 Å². The molecule has 0 heterocycles. The SMILES string of the molecule is CN(CC(O)COCc1ccccc1)C(=O)C1CCC(N)C1. The van der Waals surface area contributed by atoms with E-state index < -0.39 is 6.10 Å². The van der Waals surface area contributed by atoms with Gasteiger partial charge in [0.25, 0.3) is 0 Å². The molecule has 22 heavy (non-hydrogen) atoms. The molecule has 5 heteroatoms. The van der Waals surface area contributed by atoms with Gasteiger partial charge in [-0.25, -0.2) is 0 Å². The number of nitrogens with two attached hydrogens (primary N) is 1. The Morgan fingerprint density at radius 2 is 2.14 bits per heavy atom. The molecule has 1 aliphatic carbocycles. The molecule has 3 unspecified atom stereocenters. The quantitative estimate of drug-likeness (QED) is 0.792. The molecule has 0 radical (unpaired) electrons. The Balaban J connectivity index is 1.67. The van der Waals surface area contributed by atoms with Gasteiger partial charge in [0.15, 0.2) is 0 Å². The molecule has 0 saturated heterocycles. The van der Waals surface area contributed by atoms with Gasteiger partial charge in [0.2, 0.25) is 5.91 Å². The van der Waals surface area contributed by atoms with Gasteiger partial charge in [-0.2, -0.15) is 0 Å². The zero-order valence-corrected chi connectivity index (χ0v) is 13.1. The molecule has 0 bridgehead atoms. The molecule has 1 fully saturated rings. The van der Waals surface area contributed by atoms with Crippen molar-refractivity contribution >= 4 is 5.91 Å². The van der Waals surface area contributed by atoms with Gasteiger partial charge in [-0.15, -0.1) is 0 Å². The van der Waals surface area contributed by atoms with E-state index in [1.807, 2.05) is 30.3 Å². The molecule has 3 atom stereocenters. The van der Waals surface area contributed by atoms with Crippen LogP contribution in [0, 0.1) is 5.92 Å². The van der Waals surface area contributed by atoms with Gasteiger partial charge in [-0.1, -0.05) is 30.3 Å². The van der Waals surface area contributed by atoms with Crippen LogP contribution in [-0.2, 0) is 16.1 Å². The lowest BCUT2D eigenvalue weighted by Gasteiger charge is -2.23. The Hall–Kier alpha value is -1.43. The van der Waals surface area contributed by atoms with Crippen molar-refractivity contribution < 1.29 is 14.6 Å². The van der Waals surface area contributed by atoms with Gasteiger partial charge >= 0.3 is 0 Å². The van der Waals surface area contributed by atoms with Crippen LogP contribution in [0.15, 0.2) is 30.3 Å². The Bertz CT molecular complexity index is 466. The van der Waals surface area contributed by atoms with E-state index in [9.17, 15) is 9.90 Å². The van der Waals surface area contributed by atoms with E-state index in [4.69, 9.17) is 10.5 Å². The van der Waals surface area contributed by atoms with Gasteiger partial charge in [0.05, 0.1) is 19.3 Å². The lowest BCUT2D eigenvalue weighted by atomic mass is 10.1.